The van der Waals surface area contributed by atoms with E-state index in [2.05, 4.69) is 0 Å². The van der Waals surface area contributed by atoms with Crippen LogP contribution in [0.3, 0.4) is 0 Å². The molecule has 9 rings (SSSR count). The zero-order chi connectivity index (χ0) is 45.3. The van der Waals surface area contributed by atoms with Crippen LogP contribution in [0, 0.1) is 0 Å². The van der Waals surface area contributed by atoms with Gasteiger partial charge in [0.25, 0.3) is 0 Å². The lowest BCUT2D eigenvalue weighted by molar-refractivity contribution is 0.435. The molecule has 8 aromatic rings. The highest BCUT2D eigenvalue weighted by atomic mass is 16.5. The summed E-state index contributed by atoms with van der Waals surface area (Å²) in [7, 11) is 0. The van der Waals surface area contributed by atoms with Gasteiger partial charge in [0.05, 0.1) is 28.7 Å². The van der Waals surface area contributed by atoms with Crippen molar-refractivity contribution in [3.05, 3.63) is 204 Å². The van der Waals surface area contributed by atoms with Crippen LogP contribution in [-0.4, -0.2) is 0 Å². The van der Waals surface area contributed by atoms with E-state index in [9.17, 15) is 11.0 Å². The van der Waals surface area contributed by atoms with Crippen LogP contribution in [0.2, 0.25) is 0 Å². The average Bonchev–Trinajstić information content (AvgIpc) is 3.29. The van der Waals surface area contributed by atoms with Crippen molar-refractivity contribution in [2.24, 2.45) is 0 Å². The summed E-state index contributed by atoms with van der Waals surface area (Å²) in [5, 5.41) is 4.14. The highest BCUT2D eigenvalue weighted by molar-refractivity contribution is 6.12. The fourth-order valence-electron chi connectivity index (χ4n) is 6.35. The lowest BCUT2D eigenvalue weighted by atomic mass is 9.63. The average molecular weight is 604 g/mol. The van der Waals surface area contributed by atoms with Gasteiger partial charge in [0.1, 0.15) is 11.5 Å². The molecule has 0 fully saturated rings. The van der Waals surface area contributed by atoms with E-state index in [1.54, 1.807) is 24.3 Å². The molecule has 0 aliphatic carbocycles. The van der Waals surface area contributed by atoms with Gasteiger partial charge in [-0.2, -0.15) is 0 Å². The first-order valence-electron chi connectivity index (χ1n) is 23.0. The predicted molar refractivity (Wildman–Crippen MR) is 191 cm³/mol. The number of rotatable bonds is 4. The van der Waals surface area contributed by atoms with Crippen LogP contribution >= 0.6 is 0 Å². The van der Waals surface area contributed by atoms with Crippen LogP contribution in [0.5, 0.6) is 11.5 Å². The molecule has 0 saturated heterocycles. The molecule has 1 aliphatic heterocycles. The van der Waals surface area contributed by atoms with Crippen LogP contribution in [0.25, 0.3) is 43.8 Å². The highest BCUT2D eigenvalue weighted by Gasteiger charge is 2.45. The Hall–Kier alpha value is -5.92. The molecular weight excluding hydrogens is 556 g/mol. The minimum Gasteiger partial charge on any atom is -0.457 e. The Morgan fingerprint density at radius 3 is 1.87 bits per heavy atom. The lowest BCUT2D eigenvalue weighted by Gasteiger charge is -2.41. The number of para-hydroxylation sites is 1. The molecule has 0 N–H and O–H groups in total. The maximum absolute atomic E-state index is 9.74. The van der Waals surface area contributed by atoms with Gasteiger partial charge in [-0.3, -0.25) is 0 Å². The van der Waals surface area contributed by atoms with Gasteiger partial charge >= 0.3 is 0 Å². The number of hydrogen-bond acceptors (Lipinski definition) is 1. The van der Waals surface area contributed by atoms with E-state index in [1.807, 2.05) is 54.6 Å². The molecular formula is C45H30O. The van der Waals surface area contributed by atoms with Gasteiger partial charge in [-0.1, -0.05) is 169 Å². The predicted octanol–water partition coefficient (Wildman–Crippen LogP) is 11.8. The second-order valence-corrected chi connectivity index (χ2v) is 10.8. The smallest absolute Gasteiger partial charge is 0.132 e. The van der Waals surface area contributed by atoms with Crippen LogP contribution in [-0.2, 0) is 5.41 Å². The zero-order valence-corrected chi connectivity index (χ0v) is 23.9. The van der Waals surface area contributed by atoms with Gasteiger partial charge in [-0.05, 0) is 67.0 Å². The van der Waals surface area contributed by atoms with Gasteiger partial charge in [-0.25, -0.2) is 0 Å². The summed E-state index contributed by atoms with van der Waals surface area (Å²) >= 11 is 0. The first kappa shape index (κ1) is 14.5. The van der Waals surface area contributed by atoms with Crippen molar-refractivity contribution in [1.82, 2.24) is 0 Å². The molecule has 1 heteroatoms. The molecule has 0 atom stereocenters. The molecule has 0 bridgehead atoms. The molecule has 0 radical (unpaired) electrons. The summed E-state index contributed by atoms with van der Waals surface area (Å²) in [5.74, 6) is -1.41. The van der Waals surface area contributed by atoms with Crippen molar-refractivity contribution in [2.75, 3.05) is 0 Å². The van der Waals surface area contributed by atoms with Crippen LogP contribution in [0.4, 0.5) is 0 Å². The van der Waals surface area contributed by atoms with Crippen molar-refractivity contribution in [3.8, 4) is 33.8 Å². The standard InChI is InChI=1S/C45H30O/c1-3-13-35(14-4-1)45(36-15-5-2-6-16-36)41-20-9-10-21-43(41)46-44-30-34(27-29-42(44)45)31-22-24-33(25-23-31)38-18-11-19-39-37-17-8-7-12-32(37)26-28-40(38)39/h1-30H/i1D,2D,3D,4D,5D,6D,9D,10D,13D,14D,15D,16D,20D,21D,27D,29D,30D. The Bertz CT molecular complexity index is 3180. The second kappa shape index (κ2) is 10.6. The molecule has 0 amide bonds. The third-order valence-corrected chi connectivity index (χ3v) is 8.41. The molecule has 46 heavy (non-hydrogen) atoms. The molecule has 0 aromatic heterocycles. The Balaban J connectivity index is 1.41. The molecule has 1 aliphatic rings. The number of ether oxygens (including phenoxy) is 1. The molecule has 0 spiro atoms. The first-order chi connectivity index (χ1) is 29.9. The third kappa shape index (κ3) is 4.02. The lowest BCUT2D eigenvalue weighted by Crippen LogP contribution is -2.34. The normalized spacial score (nSPS) is 18.3. The SMILES string of the molecule is [2H]c1c([2H])c([2H])c(C2(c3c([2H])c([2H])c([2H])c([2H])c3[2H])c3c([2H])c([2H])c([2H])c([2H])c3Oc3c([2H])c(-c4ccc(-c5cccc6c5ccc5ccccc56)cc4)c([2H])c([2H])c32)c([2H])c1[2H]. The Kier molecular flexibility index (Phi) is 3.33. The Morgan fingerprint density at radius 1 is 0.435 bits per heavy atom. The summed E-state index contributed by atoms with van der Waals surface area (Å²) in [6.07, 6.45) is 0. The summed E-state index contributed by atoms with van der Waals surface area (Å²) in [5.41, 5.74) is -4.41. The molecule has 0 unspecified atom stereocenters. The maximum atomic E-state index is 9.74. The number of benzene rings is 8. The van der Waals surface area contributed by atoms with Crippen molar-refractivity contribution >= 4 is 21.5 Å². The summed E-state index contributed by atoms with van der Waals surface area (Å²) < 4.78 is 160. The van der Waals surface area contributed by atoms with Crippen LogP contribution in [0.15, 0.2) is 182 Å². The number of hydrogen-bond donors (Lipinski definition) is 0. The first-order valence-corrected chi connectivity index (χ1v) is 14.5. The highest BCUT2D eigenvalue weighted by Crippen LogP contribution is 2.55. The topological polar surface area (TPSA) is 9.23 Å². The summed E-state index contributed by atoms with van der Waals surface area (Å²) in [6, 6.07) is 9.54. The van der Waals surface area contributed by atoms with Gasteiger partial charge in [-0.15, -0.1) is 0 Å². The fourth-order valence-corrected chi connectivity index (χ4v) is 6.35. The van der Waals surface area contributed by atoms with Gasteiger partial charge in [0.2, 0.25) is 0 Å². The Labute approximate surface area is 292 Å². The zero-order valence-electron chi connectivity index (χ0n) is 40.9. The Morgan fingerprint density at radius 2 is 1.09 bits per heavy atom. The molecule has 1 nitrogen and oxygen atoms in total. The second-order valence-electron chi connectivity index (χ2n) is 10.8. The van der Waals surface area contributed by atoms with E-state index >= 15 is 0 Å². The molecule has 216 valence electrons. The van der Waals surface area contributed by atoms with Crippen molar-refractivity contribution in [3.63, 3.8) is 0 Å². The van der Waals surface area contributed by atoms with Gasteiger partial charge in [0, 0.05) is 11.1 Å². The quantitative estimate of drug-likeness (QED) is 0.182. The van der Waals surface area contributed by atoms with E-state index in [1.165, 1.54) is 0 Å². The minimum absolute atomic E-state index is 0.186. The fraction of sp³-hybridized carbons (Fsp3) is 0.0222. The van der Waals surface area contributed by atoms with Crippen molar-refractivity contribution < 1.29 is 28.0 Å². The number of fused-ring (bicyclic) bond motifs is 5. The summed E-state index contributed by atoms with van der Waals surface area (Å²) in [6.45, 7) is 0. The van der Waals surface area contributed by atoms with E-state index < -0.39 is 142 Å². The van der Waals surface area contributed by atoms with E-state index in [4.69, 9.17) is 17.1 Å². The molecule has 1 heterocycles. The monoisotopic (exact) mass is 603 g/mol. The van der Waals surface area contributed by atoms with E-state index in [0.29, 0.717) is 0 Å². The van der Waals surface area contributed by atoms with Crippen LogP contribution in [0.1, 0.15) is 45.6 Å². The van der Waals surface area contributed by atoms with Crippen molar-refractivity contribution in [2.45, 2.75) is 5.41 Å². The minimum atomic E-state index is -3.00. The van der Waals surface area contributed by atoms with Gasteiger partial charge < -0.3 is 4.74 Å². The summed E-state index contributed by atoms with van der Waals surface area (Å²) in [4.78, 5) is 0. The van der Waals surface area contributed by atoms with Crippen LogP contribution < -0.4 is 4.74 Å². The largest absolute Gasteiger partial charge is 0.457 e. The molecule has 0 saturated carbocycles. The van der Waals surface area contributed by atoms with Crippen molar-refractivity contribution in [1.29, 1.82) is 0 Å². The van der Waals surface area contributed by atoms with Gasteiger partial charge in [0.15, 0.2) is 0 Å². The van der Waals surface area contributed by atoms with E-state index in [0.717, 1.165) is 32.7 Å². The maximum Gasteiger partial charge on any atom is 0.132 e. The third-order valence-electron chi connectivity index (χ3n) is 8.41. The molecule has 8 aromatic carbocycles. The van der Waals surface area contributed by atoms with E-state index in [-0.39, 0.29) is 11.1 Å².